The number of amides is 1. The van der Waals surface area contributed by atoms with E-state index < -0.39 is 0 Å². The Kier molecular flexibility index (Phi) is 5.76. The van der Waals surface area contributed by atoms with Crippen molar-refractivity contribution >= 4 is 11.7 Å². The second-order valence-corrected chi connectivity index (χ2v) is 4.29. The van der Waals surface area contributed by atoms with Crippen LogP contribution in [-0.4, -0.2) is 36.2 Å². The average molecular weight is 243 g/mol. The first-order valence-corrected chi connectivity index (χ1v) is 6.04. The number of hydrogen-bond acceptors (Lipinski definition) is 4. The van der Waals surface area contributed by atoms with Crippen LogP contribution < -0.4 is 11.1 Å². The van der Waals surface area contributed by atoms with Crippen LogP contribution in [0.25, 0.3) is 0 Å². The van der Waals surface area contributed by atoms with Crippen LogP contribution in [0.4, 0.5) is 0 Å². The Morgan fingerprint density at radius 3 is 3.00 bits per heavy atom. The highest BCUT2D eigenvalue weighted by Gasteiger charge is 2.25. The molecule has 0 aromatic rings. The molecule has 1 amide bonds. The molecular formula is C11H21N3O3. The highest BCUT2D eigenvalue weighted by molar-refractivity contribution is 5.90. The minimum absolute atomic E-state index is 0.0527. The first-order chi connectivity index (χ1) is 8.19. The fourth-order valence-corrected chi connectivity index (χ4v) is 1.89. The SMILES string of the molecule is CCCC(NC(=O)C1CCCOC1)C(N)=NO. The normalized spacial score (nSPS) is 23.1. The molecule has 4 N–H and O–H groups in total. The maximum atomic E-state index is 11.9. The number of carbonyl (C=O) groups is 1. The summed E-state index contributed by atoms with van der Waals surface area (Å²) in [5, 5.41) is 14.4. The number of carbonyl (C=O) groups excluding carboxylic acids is 1. The van der Waals surface area contributed by atoms with Gasteiger partial charge in [-0.3, -0.25) is 4.79 Å². The van der Waals surface area contributed by atoms with Crippen molar-refractivity contribution < 1.29 is 14.7 Å². The van der Waals surface area contributed by atoms with E-state index >= 15 is 0 Å². The van der Waals surface area contributed by atoms with Crippen LogP contribution in [0.5, 0.6) is 0 Å². The topological polar surface area (TPSA) is 96.9 Å². The zero-order valence-electron chi connectivity index (χ0n) is 10.2. The molecule has 0 aromatic carbocycles. The predicted octanol–water partition coefficient (Wildman–Crippen LogP) is 0.444. The number of hydrogen-bond donors (Lipinski definition) is 3. The van der Waals surface area contributed by atoms with Crippen LogP contribution in [0.15, 0.2) is 5.16 Å². The van der Waals surface area contributed by atoms with Gasteiger partial charge in [0.2, 0.25) is 5.91 Å². The highest BCUT2D eigenvalue weighted by atomic mass is 16.5. The molecule has 17 heavy (non-hydrogen) atoms. The molecule has 1 saturated heterocycles. The summed E-state index contributed by atoms with van der Waals surface area (Å²) >= 11 is 0. The Labute approximate surface area is 101 Å². The fraction of sp³-hybridized carbons (Fsp3) is 0.818. The minimum atomic E-state index is -0.389. The summed E-state index contributed by atoms with van der Waals surface area (Å²) in [4.78, 5) is 11.9. The highest BCUT2D eigenvalue weighted by Crippen LogP contribution is 2.14. The molecule has 0 bridgehead atoms. The van der Waals surface area contributed by atoms with Gasteiger partial charge in [0.05, 0.1) is 18.6 Å². The quantitative estimate of drug-likeness (QED) is 0.282. The third kappa shape index (κ3) is 4.22. The molecule has 1 fully saturated rings. The van der Waals surface area contributed by atoms with Crippen LogP contribution in [0, 0.1) is 5.92 Å². The van der Waals surface area contributed by atoms with E-state index in [0.717, 1.165) is 25.9 Å². The van der Waals surface area contributed by atoms with Crippen molar-refractivity contribution in [3.8, 4) is 0 Å². The first kappa shape index (κ1) is 13.8. The van der Waals surface area contributed by atoms with Crippen LogP contribution >= 0.6 is 0 Å². The zero-order chi connectivity index (χ0) is 12.7. The summed E-state index contributed by atoms with van der Waals surface area (Å²) < 4.78 is 5.26. The second kappa shape index (κ2) is 7.11. The van der Waals surface area contributed by atoms with Gasteiger partial charge in [-0.1, -0.05) is 18.5 Å². The van der Waals surface area contributed by atoms with E-state index in [9.17, 15) is 4.79 Å². The number of nitrogens with zero attached hydrogens (tertiary/aromatic N) is 1. The molecule has 6 nitrogen and oxygen atoms in total. The summed E-state index contributed by atoms with van der Waals surface area (Å²) in [5.41, 5.74) is 5.54. The van der Waals surface area contributed by atoms with E-state index in [1.165, 1.54) is 0 Å². The van der Waals surface area contributed by atoms with Crippen molar-refractivity contribution in [3.63, 3.8) is 0 Å². The van der Waals surface area contributed by atoms with Gasteiger partial charge in [0, 0.05) is 6.61 Å². The molecular weight excluding hydrogens is 222 g/mol. The Hall–Kier alpha value is -1.30. The predicted molar refractivity (Wildman–Crippen MR) is 63.8 cm³/mol. The van der Waals surface area contributed by atoms with Crippen molar-refractivity contribution in [2.45, 2.75) is 38.6 Å². The lowest BCUT2D eigenvalue weighted by Gasteiger charge is -2.24. The maximum Gasteiger partial charge on any atom is 0.226 e. The van der Waals surface area contributed by atoms with E-state index in [0.29, 0.717) is 13.0 Å². The zero-order valence-corrected chi connectivity index (χ0v) is 10.2. The van der Waals surface area contributed by atoms with Gasteiger partial charge in [-0.15, -0.1) is 0 Å². The van der Waals surface area contributed by atoms with Gasteiger partial charge in [-0.2, -0.15) is 0 Å². The molecule has 2 unspecified atom stereocenters. The van der Waals surface area contributed by atoms with Crippen LogP contribution in [0.3, 0.4) is 0 Å². The maximum absolute atomic E-state index is 11.9. The van der Waals surface area contributed by atoms with Gasteiger partial charge >= 0.3 is 0 Å². The second-order valence-electron chi connectivity index (χ2n) is 4.29. The Balaban J connectivity index is 2.50. The van der Waals surface area contributed by atoms with Gasteiger partial charge in [0.25, 0.3) is 0 Å². The van der Waals surface area contributed by atoms with E-state index in [4.69, 9.17) is 15.7 Å². The average Bonchev–Trinajstić information content (AvgIpc) is 2.38. The van der Waals surface area contributed by atoms with E-state index in [2.05, 4.69) is 10.5 Å². The standard InChI is InChI=1S/C11H21N3O3/c1-2-4-9(10(12)14-16)13-11(15)8-5-3-6-17-7-8/h8-9,16H,2-7H2,1H3,(H2,12,14)(H,13,15). The van der Waals surface area contributed by atoms with E-state index in [1.54, 1.807) is 0 Å². The molecule has 0 aliphatic carbocycles. The van der Waals surface area contributed by atoms with Gasteiger partial charge in [0.1, 0.15) is 0 Å². The van der Waals surface area contributed by atoms with Gasteiger partial charge < -0.3 is 21.0 Å². The summed E-state index contributed by atoms with van der Waals surface area (Å²) in [7, 11) is 0. The van der Waals surface area contributed by atoms with Crippen molar-refractivity contribution in [3.05, 3.63) is 0 Å². The smallest absolute Gasteiger partial charge is 0.226 e. The van der Waals surface area contributed by atoms with Crippen LogP contribution in [0.1, 0.15) is 32.6 Å². The number of nitrogens with one attached hydrogen (secondary N) is 1. The molecule has 1 aliphatic rings. The van der Waals surface area contributed by atoms with E-state index in [1.807, 2.05) is 6.92 Å². The third-order valence-electron chi connectivity index (χ3n) is 2.90. The molecule has 1 rings (SSSR count). The van der Waals surface area contributed by atoms with Gasteiger partial charge in [-0.25, -0.2) is 0 Å². The third-order valence-corrected chi connectivity index (χ3v) is 2.90. The minimum Gasteiger partial charge on any atom is -0.409 e. The fourth-order valence-electron chi connectivity index (χ4n) is 1.89. The number of oxime groups is 1. The first-order valence-electron chi connectivity index (χ1n) is 6.04. The number of amidine groups is 1. The summed E-state index contributed by atoms with van der Waals surface area (Å²) in [6.07, 6.45) is 3.25. The molecule has 0 spiro atoms. The largest absolute Gasteiger partial charge is 0.409 e. The van der Waals surface area contributed by atoms with Gasteiger partial charge in [-0.05, 0) is 19.3 Å². The molecule has 1 heterocycles. The number of rotatable bonds is 5. The van der Waals surface area contributed by atoms with Crippen molar-refractivity contribution in [2.24, 2.45) is 16.8 Å². The molecule has 98 valence electrons. The van der Waals surface area contributed by atoms with Crippen molar-refractivity contribution in [1.29, 1.82) is 0 Å². The lowest BCUT2D eigenvalue weighted by Crippen LogP contribution is -2.47. The summed E-state index contributed by atoms with van der Waals surface area (Å²) in [5.74, 6) is -0.138. The van der Waals surface area contributed by atoms with Gasteiger partial charge in [0.15, 0.2) is 5.84 Å². The molecule has 0 radical (unpaired) electrons. The Bertz CT molecular complexity index is 275. The van der Waals surface area contributed by atoms with Crippen molar-refractivity contribution in [1.82, 2.24) is 5.32 Å². The lowest BCUT2D eigenvalue weighted by molar-refractivity contribution is -0.129. The molecule has 0 saturated carbocycles. The monoisotopic (exact) mass is 243 g/mol. The van der Waals surface area contributed by atoms with Crippen molar-refractivity contribution in [2.75, 3.05) is 13.2 Å². The summed E-state index contributed by atoms with van der Waals surface area (Å²) in [6.45, 7) is 3.16. The molecule has 1 aliphatic heterocycles. The number of ether oxygens (including phenoxy) is 1. The summed E-state index contributed by atoms with van der Waals surface area (Å²) in [6, 6.07) is -0.389. The van der Waals surface area contributed by atoms with E-state index in [-0.39, 0.29) is 23.7 Å². The van der Waals surface area contributed by atoms with Crippen LogP contribution in [0.2, 0.25) is 0 Å². The number of nitrogens with two attached hydrogens (primary N) is 1. The van der Waals surface area contributed by atoms with Crippen LogP contribution in [-0.2, 0) is 9.53 Å². The molecule has 2 atom stereocenters. The Morgan fingerprint density at radius 1 is 1.71 bits per heavy atom. The Morgan fingerprint density at radius 2 is 2.47 bits per heavy atom. The molecule has 6 heteroatoms. The molecule has 0 aromatic heterocycles. The lowest BCUT2D eigenvalue weighted by atomic mass is 10.0.